The van der Waals surface area contributed by atoms with Crippen LogP contribution in [0.2, 0.25) is 0 Å². The highest BCUT2D eigenvalue weighted by Gasteiger charge is 2.17. The van der Waals surface area contributed by atoms with Crippen molar-refractivity contribution >= 4 is 11.8 Å². The Balaban J connectivity index is 1.68. The first-order chi connectivity index (χ1) is 12.7. The van der Waals surface area contributed by atoms with E-state index >= 15 is 0 Å². The number of morpholine rings is 1. The molecule has 1 fully saturated rings. The lowest BCUT2D eigenvalue weighted by atomic mass is 10.1. The second kappa shape index (κ2) is 8.96. The Hall–Kier alpha value is -2.18. The fourth-order valence-electron chi connectivity index (χ4n) is 3.02. The van der Waals surface area contributed by atoms with Gasteiger partial charge in [-0.3, -0.25) is 0 Å². The first-order valence-corrected chi connectivity index (χ1v) is 9.32. The summed E-state index contributed by atoms with van der Waals surface area (Å²) in [6.45, 7) is 5.90. The van der Waals surface area contributed by atoms with Gasteiger partial charge in [0.15, 0.2) is 0 Å². The minimum Gasteiger partial charge on any atom is -0.388 e. The summed E-state index contributed by atoms with van der Waals surface area (Å²) in [7, 11) is 2.02. The van der Waals surface area contributed by atoms with Crippen molar-refractivity contribution in [2.45, 2.75) is 25.9 Å². The molecule has 0 amide bonds. The van der Waals surface area contributed by atoms with Gasteiger partial charge < -0.3 is 19.6 Å². The van der Waals surface area contributed by atoms with Crippen LogP contribution in [-0.2, 0) is 11.2 Å². The van der Waals surface area contributed by atoms with Crippen LogP contribution in [0.3, 0.4) is 0 Å². The molecule has 1 unspecified atom stereocenters. The molecule has 26 heavy (non-hydrogen) atoms. The first kappa shape index (κ1) is 18.6. The molecule has 1 N–H and O–H groups in total. The van der Waals surface area contributed by atoms with E-state index in [4.69, 9.17) is 9.72 Å². The van der Waals surface area contributed by atoms with E-state index in [-0.39, 0.29) is 0 Å². The van der Waals surface area contributed by atoms with Crippen molar-refractivity contribution in [3.8, 4) is 0 Å². The van der Waals surface area contributed by atoms with Crippen molar-refractivity contribution < 1.29 is 9.84 Å². The number of anilines is 2. The van der Waals surface area contributed by atoms with Crippen LogP contribution < -0.4 is 9.80 Å². The van der Waals surface area contributed by atoms with Crippen LogP contribution in [0.25, 0.3) is 0 Å². The summed E-state index contributed by atoms with van der Waals surface area (Å²) in [6.07, 6.45) is 1.05. The zero-order valence-electron chi connectivity index (χ0n) is 15.6. The number of aliphatic hydroxyl groups excluding tert-OH is 1. The zero-order valence-corrected chi connectivity index (χ0v) is 15.6. The quantitative estimate of drug-likeness (QED) is 0.822. The van der Waals surface area contributed by atoms with Gasteiger partial charge in [-0.2, -0.15) is 4.98 Å². The van der Waals surface area contributed by atoms with Gasteiger partial charge in [0.1, 0.15) is 5.82 Å². The van der Waals surface area contributed by atoms with Gasteiger partial charge in [-0.25, -0.2) is 4.98 Å². The predicted octanol–water partition coefficient (Wildman–Crippen LogP) is 2.44. The standard InChI is InChI=1S/C20H28N4O2/c1-3-17-15-19(22-20(21-17)24-11-13-26-14-12-24)23(2)10-9-18(25)16-7-5-4-6-8-16/h4-8,15,18,25H,3,9-14H2,1-2H3. The third-order valence-corrected chi connectivity index (χ3v) is 4.72. The van der Waals surface area contributed by atoms with Crippen LogP contribution in [0.5, 0.6) is 0 Å². The van der Waals surface area contributed by atoms with Crippen molar-refractivity contribution in [3.05, 3.63) is 47.7 Å². The molecule has 0 aliphatic carbocycles. The number of benzene rings is 1. The molecule has 140 valence electrons. The number of nitrogens with zero attached hydrogens (tertiary/aromatic N) is 4. The molecule has 1 aliphatic rings. The SMILES string of the molecule is CCc1cc(N(C)CCC(O)c2ccccc2)nc(N2CCOCC2)n1. The second-order valence-corrected chi connectivity index (χ2v) is 6.61. The molecule has 0 spiro atoms. The highest BCUT2D eigenvalue weighted by Crippen LogP contribution is 2.21. The van der Waals surface area contributed by atoms with E-state index in [1.165, 1.54) is 0 Å². The maximum Gasteiger partial charge on any atom is 0.227 e. The monoisotopic (exact) mass is 356 g/mol. The number of hydrogen-bond donors (Lipinski definition) is 1. The lowest BCUT2D eigenvalue weighted by Gasteiger charge is -2.28. The minimum absolute atomic E-state index is 0.468. The van der Waals surface area contributed by atoms with Gasteiger partial charge in [-0.1, -0.05) is 37.3 Å². The van der Waals surface area contributed by atoms with E-state index in [0.717, 1.165) is 49.1 Å². The Morgan fingerprint density at radius 1 is 1.19 bits per heavy atom. The maximum atomic E-state index is 10.4. The van der Waals surface area contributed by atoms with Crippen molar-refractivity contribution in [1.29, 1.82) is 0 Å². The van der Waals surface area contributed by atoms with Crippen LogP contribution in [0.4, 0.5) is 11.8 Å². The van der Waals surface area contributed by atoms with Crippen LogP contribution >= 0.6 is 0 Å². The summed E-state index contributed by atoms with van der Waals surface area (Å²) < 4.78 is 5.43. The van der Waals surface area contributed by atoms with Gasteiger partial charge in [0.2, 0.25) is 5.95 Å². The molecule has 1 atom stereocenters. The summed E-state index contributed by atoms with van der Waals surface area (Å²) >= 11 is 0. The van der Waals surface area contributed by atoms with E-state index in [1.807, 2.05) is 43.4 Å². The Kier molecular flexibility index (Phi) is 6.41. The van der Waals surface area contributed by atoms with Gasteiger partial charge in [-0.15, -0.1) is 0 Å². The lowest BCUT2D eigenvalue weighted by molar-refractivity contribution is 0.122. The number of ether oxygens (including phenoxy) is 1. The molecule has 6 heteroatoms. The molecular formula is C20H28N4O2. The molecule has 1 aliphatic heterocycles. The van der Waals surface area contributed by atoms with Crippen LogP contribution in [-0.4, -0.2) is 55.0 Å². The highest BCUT2D eigenvalue weighted by molar-refractivity contribution is 5.45. The molecule has 0 bridgehead atoms. The van der Waals surface area contributed by atoms with E-state index in [9.17, 15) is 5.11 Å². The number of rotatable bonds is 7. The van der Waals surface area contributed by atoms with Gasteiger partial charge in [-0.05, 0) is 18.4 Å². The maximum absolute atomic E-state index is 10.4. The third-order valence-electron chi connectivity index (χ3n) is 4.72. The second-order valence-electron chi connectivity index (χ2n) is 6.61. The molecule has 0 saturated carbocycles. The molecule has 6 nitrogen and oxygen atoms in total. The van der Waals surface area contributed by atoms with Crippen molar-refractivity contribution in [1.82, 2.24) is 9.97 Å². The molecule has 1 aromatic heterocycles. The smallest absolute Gasteiger partial charge is 0.227 e. The molecule has 1 aromatic carbocycles. The zero-order chi connectivity index (χ0) is 18.4. The van der Waals surface area contributed by atoms with E-state index in [2.05, 4.69) is 21.7 Å². The van der Waals surface area contributed by atoms with E-state index in [1.54, 1.807) is 0 Å². The molecule has 3 rings (SSSR count). The molecule has 0 radical (unpaired) electrons. The summed E-state index contributed by atoms with van der Waals surface area (Å²) in [5.41, 5.74) is 1.98. The molecular weight excluding hydrogens is 328 g/mol. The van der Waals surface area contributed by atoms with Crippen molar-refractivity contribution in [3.63, 3.8) is 0 Å². The van der Waals surface area contributed by atoms with E-state index < -0.39 is 6.10 Å². The van der Waals surface area contributed by atoms with Crippen LogP contribution in [0.1, 0.15) is 30.7 Å². The average Bonchev–Trinajstić information content (AvgIpc) is 2.72. The summed E-state index contributed by atoms with van der Waals surface area (Å²) in [5, 5.41) is 10.4. The van der Waals surface area contributed by atoms with Crippen molar-refractivity contribution in [2.75, 3.05) is 49.7 Å². The normalized spacial score (nSPS) is 15.7. The molecule has 2 aromatic rings. The summed E-state index contributed by atoms with van der Waals surface area (Å²) in [5.74, 6) is 1.68. The van der Waals surface area contributed by atoms with Gasteiger partial charge >= 0.3 is 0 Å². The minimum atomic E-state index is -0.468. The Bertz CT molecular complexity index is 689. The Labute approximate surface area is 155 Å². The number of aryl methyl sites for hydroxylation is 1. The number of aliphatic hydroxyl groups is 1. The highest BCUT2D eigenvalue weighted by atomic mass is 16.5. The fraction of sp³-hybridized carbons (Fsp3) is 0.500. The lowest BCUT2D eigenvalue weighted by Crippen LogP contribution is -2.37. The number of hydrogen-bond acceptors (Lipinski definition) is 6. The van der Waals surface area contributed by atoms with Gasteiger partial charge in [0, 0.05) is 38.4 Å². The van der Waals surface area contributed by atoms with Crippen LogP contribution in [0, 0.1) is 0 Å². The summed E-state index contributed by atoms with van der Waals surface area (Å²) in [6, 6.07) is 11.8. The Morgan fingerprint density at radius 2 is 1.92 bits per heavy atom. The van der Waals surface area contributed by atoms with Crippen molar-refractivity contribution in [2.24, 2.45) is 0 Å². The third kappa shape index (κ3) is 4.71. The average molecular weight is 356 g/mol. The van der Waals surface area contributed by atoms with Gasteiger partial charge in [0.05, 0.1) is 19.3 Å². The predicted molar refractivity (Wildman–Crippen MR) is 104 cm³/mol. The summed E-state index contributed by atoms with van der Waals surface area (Å²) in [4.78, 5) is 13.7. The topological polar surface area (TPSA) is 61.7 Å². The van der Waals surface area contributed by atoms with E-state index in [0.29, 0.717) is 19.6 Å². The largest absolute Gasteiger partial charge is 0.388 e. The van der Waals surface area contributed by atoms with Gasteiger partial charge in [0.25, 0.3) is 0 Å². The number of aromatic nitrogens is 2. The fourth-order valence-corrected chi connectivity index (χ4v) is 3.02. The Morgan fingerprint density at radius 3 is 2.62 bits per heavy atom. The molecule has 1 saturated heterocycles. The van der Waals surface area contributed by atoms with Crippen LogP contribution in [0.15, 0.2) is 36.4 Å². The first-order valence-electron chi connectivity index (χ1n) is 9.32. The molecule has 2 heterocycles.